The van der Waals surface area contributed by atoms with Crippen LogP contribution in [0.15, 0.2) is 231 Å². The fourth-order valence-electron chi connectivity index (χ4n) is 12.9. The maximum atomic E-state index is 2.59. The molecule has 0 N–H and O–H groups in total. The van der Waals surface area contributed by atoms with Gasteiger partial charge in [-0.1, -0.05) is 170 Å². The van der Waals surface area contributed by atoms with Gasteiger partial charge in [0.2, 0.25) is 0 Å². The second-order valence-corrected chi connectivity index (χ2v) is 18.8. The first-order chi connectivity index (χ1) is 33.2. The zero-order valence-electron chi connectivity index (χ0n) is 36.3. The van der Waals surface area contributed by atoms with Crippen LogP contribution in [0.1, 0.15) is 22.3 Å². The summed E-state index contributed by atoms with van der Waals surface area (Å²) in [4.78, 5) is 0. The fourth-order valence-corrected chi connectivity index (χ4v) is 12.9. The number of benzene rings is 12. The van der Waals surface area contributed by atoms with Crippen molar-refractivity contribution in [3.63, 3.8) is 0 Å². The number of fused-ring (bicyclic) bond motifs is 22. The van der Waals surface area contributed by atoms with E-state index in [2.05, 4.69) is 240 Å². The summed E-state index contributed by atoms with van der Waals surface area (Å²) in [5.74, 6) is 0. The average molecular weight is 847 g/mol. The molecule has 0 amide bonds. The molecule has 308 valence electrons. The number of hydrogen-bond acceptors (Lipinski definition) is 0. The molecule has 0 fully saturated rings. The van der Waals surface area contributed by atoms with Gasteiger partial charge in [-0.05, 0) is 148 Å². The molecule has 0 atom stereocenters. The largest absolute Gasteiger partial charge is 0.309 e. The topological polar surface area (TPSA) is 9.86 Å². The van der Waals surface area contributed by atoms with E-state index >= 15 is 0 Å². The molecule has 2 aliphatic carbocycles. The van der Waals surface area contributed by atoms with E-state index in [1.807, 2.05) is 0 Å². The van der Waals surface area contributed by atoms with Crippen molar-refractivity contribution >= 4 is 86.7 Å². The van der Waals surface area contributed by atoms with Gasteiger partial charge >= 0.3 is 0 Å². The Bertz CT molecular complexity index is 4230. The van der Waals surface area contributed by atoms with Gasteiger partial charge in [-0.2, -0.15) is 0 Å². The standard InChI is InChI=1S/C65H38N2/c1-3-17-43-33-45(29-25-39(43)13-1)66-59-31-27-41-15-5-7-19-47(41)63(59)53-35-51-52-36-54-62(38-58(52)65(57(51)37-61(53)66)55-23-11-9-21-49(55)50-22-10-12-24-56(50)65)67(46-30-26-40-14-2-4-18-44(40)34-46)60-32-28-42-16-6-8-20-48(42)64(54)60/h1-38H. The van der Waals surface area contributed by atoms with Gasteiger partial charge in [0.1, 0.15) is 0 Å². The second kappa shape index (κ2) is 12.8. The highest BCUT2D eigenvalue weighted by Gasteiger charge is 2.52. The number of rotatable bonds is 2. The van der Waals surface area contributed by atoms with Gasteiger partial charge in [0.15, 0.2) is 0 Å². The van der Waals surface area contributed by atoms with Crippen LogP contribution in [-0.2, 0) is 5.41 Å². The van der Waals surface area contributed by atoms with E-state index in [1.54, 1.807) is 0 Å². The minimum absolute atomic E-state index is 0.570. The van der Waals surface area contributed by atoms with Crippen LogP contribution in [-0.4, -0.2) is 9.13 Å². The van der Waals surface area contributed by atoms with Crippen molar-refractivity contribution in [2.45, 2.75) is 5.41 Å². The van der Waals surface area contributed by atoms with Crippen LogP contribution in [0.5, 0.6) is 0 Å². The molecule has 0 saturated heterocycles. The maximum Gasteiger partial charge on any atom is 0.0727 e. The Kier molecular flexibility index (Phi) is 6.78. The van der Waals surface area contributed by atoms with E-state index in [9.17, 15) is 0 Å². The van der Waals surface area contributed by atoms with Gasteiger partial charge in [0, 0.05) is 32.9 Å². The number of nitrogens with zero attached hydrogens (tertiary/aromatic N) is 2. The van der Waals surface area contributed by atoms with Crippen LogP contribution in [0.25, 0.3) is 120 Å². The van der Waals surface area contributed by atoms with E-state index in [-0.39, 0.29) is 0 Å². The van der Waals surface area contributed by atoms with E-state index < -0.39 is 5.41 Å². The third-order valence-corrected chi connectivity index (χ3v) is 15.6. The predicted molar refractivity (Wildman–Crippen MR) is 281 cm³/mol. The quantitative estimate of drug-likeness (QED) is 0.164. The van der Waals surface area contributed by atoms with Crippen molar-refractivity contribution in [1.82, 2.24) is 9.13 Å². The van der Waals surface area contributed by atoms with Crippen LogP contribution in [0.3, 0.4) is 0 Å². The highest BCUT2D eigenvalue weighted by Crippen LogP contribution is 2.64. The molecule has 0 aliphatic heterocycles. The Morgan fingerprint density at radius 2 is 0.627 bits per heavy atom. The highest BCUT2D eigenvalue weighted by molar-refractivity contribution is 6.25. The summed E-state index contributed by atoms with van der Waals surface area (Å²) in [6, 6.07) is 87.2. The van der Waals surface area contributed by atoms with Gasteiger partial charge in [0.25, 0.3) is 0 Å². The zero-order valence-corrected chi connectivity index (χ0v) is 36.3. The summed E-state index contributed by atoms with van der Waals surface area (Å²) in [6.07, 6.45) is 0. The molecule has 2 aliphatic rings. The molecule has 67 heavy (non-hydrogen) atoms. The molecule has 0 unspecified atom stereocenters. The normalized spacial score (nSPS) is 13.5. The summed E-state index contributed by atoms with van der Waals surface area (Å²) in [6.45, 7) is 0. The van der Waals surface area contributed by atoms with Gasteiger partial charge in [-0.25, -0.2) is 0 Å². The molecule has 2 aromatic heterocycles. The van der Waals surface area contributed by atoms with Crippen molar-refractivity contribution in [3.05, 3.63) is 253 Å². The van der Waals surface area contributed by atoms with Crippen molar-refractivity contribution in [3.8, 4) is 33.6 Å². The van der Waals surface area contributed by atoms with E-state index in [0.29, 0.717) is 0 Å². The molecule has 1 spiro atoms. The Hall–Kier alpha value is -8.72. The Labute approximate surface area is 385 Å². The lowest BCUT2D eigenvalue weighted by Crippen LogP contribution is -2.26. The minimum atomic E-state index is -0.570. The first-order valence-electron chi connectivity index (χ1n) is 23.4. The van der Waals surface area contributed by atoms with Crippen molar-refractivity contribution in [2.75, 3.05) is 0 Å². The van der Waals surface area contributed by atoms with Gasteiger partial charge < -0.3 is 9.13 Å². The third-order valence-electron chi connectivity index (χ3n) is 15.6. The second-order valence-electron chi connectivity index (χ2n) is 18.8. The minimum Gasteiger partial charge on any atom is -0.309 e. The molecule has 12 aromatic carbocycles. The molecule has 16 rings (SSSR count). The van der Waals surface area contributed by atoms with E-state index in [4.69, 9.17) is 0 Å². The Morgan fingerprint density at radius 3 is 1.10 bits per heavy atom. The van der Waals surface area contributed by atoms with Crippen LogP contribution in [0.4, 0.5) is 0 Å². The SMILES string of the molecule is c1ccc2c(c1)-c1ccccc1C21c2cc3c(cc2-c2cc4c5c6ccccc6ccc5n(-c5ccc6ccccc6c5)c4cc21)c1c2ccccc2ccc1n3-c1ccc2ccccc2c1. The van der Waals surface area contributed by atoms with Gasteiger partial charge in [0.05, 0.1) is 27.5 Å². The fraction of sp³-hybridized carbons (Fsp3) is 0.0154. The molecular weight excluding hydrogens is 809 g/mol. The Balaban J connectivity index is 1.11. The summed E-state index contributed by atoms with van der Waals surface area (Å²) in [7, 11) is 0. The lowest BCUT2D eigenvalue weighted by atomic mass is 9.70. The molecular formula is C65H38N2. The van der Waals surface area contributed by atoms with E-state index in [0.717, 1.165) is 0 Å². The number of hydrogen-bond donors (Lipinski definition) is 0. The monoisotopic (exact) mass is 846 g/mol. The van der Waals surface area contributed by atoms with Crippen molar-refractivity contribution in [1.29, 1.82) is 0 Å². The van der Waals surface area contributed by atoms with Gasteiger partial charge in [-0.15, -0.1) is 0 Å². The lowest BCUT2D eigenvalue weighted by molar-refractivity contribution is 0.795. The third kappa shape index (κ3) is 4.50. The van der Waals surface area contributed by atoms with Crippen LogP contribution in [0, 0.1) is 0 Å². The van der Waals surface area contributed by atoms with Crippen LogP contribution < -0.4 is 0 Å². The van der Waals surface area contributed by atoms with Crippen molar-refractivity contribution in [2.24, 2.45) is 0 Å². The maximum absolute atomic E-state index is 2.59. The van der Waals surface area contributed by atoms with Crippen molar-refractivity contribution < 1.29 is 0 Å². The smallest absolute Gasteiger partial charge is 0.0727 e. The van der Waals surface area contributed by atoms with Gasteiger partial charge in [-0.3, -0.25) is 0 Å². The van der Waals surface area contributed by atoms with Crippen LogP contribution in [0.2, 0.25) is 0 Å². The zero-order chi connectivity index (χ0) is 43.5. The van der Waals surface area contributed by atoms with Crippen LogP contribution >= 0.6 is 0 Å². The number of aromatic nitrogens is 2. The molecule has 2 heterocycles. The first kappa shape index (κ1) is 35.6. The average Bonchev–Trinajstić information content (AvgIpc) is 4.08. The van der Waals surface area contributed by atoms with E-state index in [1.165, 1.54) is 143 Å². The highest BCUT2D eigenvalue weighted by atomic mass is 15.0. The molecule has 2 nitrogen and oxygen atoms in total. The predicted octanol–water partition coefficient (Wildman–Crippen LogP) is 16.8. The summed E-state index contributed by atoms with van der Waals surface area (Å²) < 4.78 is 5.08. The molecule has 14 aromatic rings. The summed E-state index contributed by atoms with van der Waals surface area (Å²) >= 11 is 0. The summed E-state index contributed by atoms with van der Waals surface area (Å²) in [5, 5.41) is 15.1. The Morgan fingerprint density at radius 1 is 0.239 bits per heavy atom. The molecule has 0 radical (unpaired) electrons. The molecule has 0 bridgehead atoms. The molecule has 2 heteroatoms. The summed E-state index contributed by atoms with van der Waals surface area (Å²) in [5.41, 5.74) is 17.2. The first-order valence-corrected chi connectivity index (χ1v) is 23.4. The lowest BCUT2D eigenvalue weighted by Gasteiger charge is -2.30. The molecule has 0 saturated carbocycles.